The lowest BCUT2D eigenvalue weighted by Gasteiger charge is -2.13. The number of rotatable bonds is 8. The van der Waals surface area contributed by atoms with E-state index in [0.29, 0.717) is 50.2 Å². The number of sulfonamides is 1. The maximum Gasteiger partial charge on any atom is 0.262 e. The highest BCUT2D eigenvalue weighted by Gasteiger charge is 2.36. The Morgan fingerprint density at radius 3 is 2.86 bits per heavy atom. The van der Waals surface area contributed by atoms with Gasteiger partial charge in [0.2, 0.25) is 5.89 Å². The Kier molecular flexibility index (Phi) is 5.79. The van der Waals surface area contributed by atoms with Gasteiger partial charge in [0.05, 0.1) is 18.9 Å². The van der Waals surface area contributed by atoms with Gasteiger partial charge in [-0.3, -0.25) is 0 Å². The van der Waals surface area contributed by atoms with Crippen LogP contribution in [0, 0.1) is 5.92 Å². The van der Waals surface area contributed by atoms with Gasteiger partial charge in [0.25, 0.3) is 10.0 Å². The Hall–Kier alpha value is -1.78. The van der Waals surface area contributed by atoms with E-state index in [2.05, 4.69) is 15.1 Å². The van der Waals surface area contributed by atoms with Gasteiger partial charge in [-0.1, -0.05) is 18.0 Å². The third kappa shape index (κ3) is 4.28. The minimum Gasteiger partial charge on any atom is -0.381 e. The normalized spacial score (nSPS) is 21.7. The zero-order valence-corrected chi connectivity index (χ0v) is 17.0. The Morgan fingerprint density at radius 1 is 1.29 bits per heavy atom. The minimum atomic E-state index is -3.59. The Morgan fingerprint density at radius 2 is 2.11 bits per heavy atom. The van der Waals surface area contributed by atoms with Crippen molar-refractivity contribution in [2.45, 2.75) is 49.5 Å². The van der Waals surface area contributed by atoms with Crippen LogP contribution >= 0.6 is 0 Å². The van der Waals surface area contributed by atoms with E-state index in [1.807, 2.05) is 0 Å². The van der Waals surface area contributed by atoms with Gasteiger partial charge in [0.1, 0.15) is 0 Å². The predicted octanol–water partition coefficient (Wildman–Crippen LogP) is 1.73. The number of aromatic nitrogens is 4. The number of hydrogen-bond donors (Lipinski definition) is 0. The smallest absolute Gasteiger partial charge is 0.262 e. The van der Waals surface area contributed by atoms with Gasteiger partial charge in [-0.2, -0.15) is 9.29 Å². The van der Waals surface area contributed by atoms with Crippen molar-refractivity contribution in [2.24, 2.45) is 13.0 Å². The van der Waals surface area contributed by atoms with Crippen molar-refractivity contribution in [3.8, 4) is 0 Å². The average Bonchev–Trinajstić information content (AvgIpc) is 3.45. The quantitative estimate of drug-likeness (QED) is 0.612. The first-order valence-electron chi connectivity index (χ1n) is 9.90. The zero-order valence-electron chi connectivity index (χ0n) is 16.2. The van der Waals surface area contributed by atoms with Gasteiger partial charge in [0.15, 0.2) is 10.9 Å². The number of imidazole rings is 1. The molecule has 1 saturated heterocycles. The van der Waals surface area contributed by atoms with Crippen LogP contribution in [0.15, 0.2) is 22.1 Å². The molecule has 0 spiro atoms. The molecular formula is C18H27N5O4S. The summed E-state index contributed by atoms with van der Waals surface area (Å²) in [6.45, 7) is 2.15. The summed E-state index contributed by atoms with van der Waals surface area (Å²) in [5.41, 5.74) is 0. The fraction of sp³-hybridized carbons (Fsp3) is 0.722. The van der Waals surface area contributed by atoms with Crippen LogP contribution in [0.3, 0.4) is 0 Å². The van der Waals surface area contributed by atoms with E-state index in [9.17, 15) is 8.42 Å². The number of hydrogen-bond acceptors (Lipinski definition) is 7. The first kappa shape index (κ1) is 19.5. The third-order valence-corrected chi connectivity index (χ3v) is 7.32. The van der Waals surface area contributed by atoms with Crippen molar-refractivity contribution in [3.05, 3.63) is 24.2 Å². The van der Waals surface area contributed by atoms with Gasteiger partial charge in [-0.25, -0.2) is 13.4 Å². The SMILES string of the molecule is Cn1cnc(S(=O)(=O)N2CCC(c3nc(CCOCC4CCCC4)no3)C2)c1. The molecule has 2 aliphatic rings. The second-order valence-corrected chi connectivity index (χ2v) is 9.64. The van der Waals surface area contributed by atoms with E-state index in [4.69, 9.17) is 9.26 Å². The summed E-state index contributed by atoms with van der Waals surface area (Å²) in [4.78, 5) is 8.43. The van der Waals surface area contributed by atoms with Crippen molar-refractivity contribution in [2.75, 3.05) is 26.3 Å². The van der Waals surface area contributed by atoms with Crippen LogP contribution < -0.4 is 0 Å². The molecule has 0 amide bonds. The van der Waals surface area contributed by atoms with Gasteiger partial charge in [-0.05, 0) is 25.2 Å². The molecule has 28 heavy (non-hydrogen) atoms. The van der Waals surface area contributed by atoms with E-state index in [-0.39, 0.29) is 10.9 Å². The molecule has 154 valence electrons. The van der Waals surface area contributed by atoms with Gasteiger partial charge < -0.3 is 13.8 Å². The molecule has 1 atom stereocenters. The minimum absolute atomic E-state index is 0.0706. The molecule has 1 aliphatic carbocycles. The highest BCUT2D eigenvalue weighted by atomic mass is 32.2. The summed E-state index contributed by atoms with van der Waals surface area (Å²) in [5.74, 6) is 1.74. The highest BCUT2D eigenvalue weighted by Crippen LogP contribution is 2.30. The van der Waals surface area contributed by atoms with Crippen molar-refractivity contribution >= 4 is 10.0 Å². The lowest BCUT2D eigenvalue weighted by Crippen LogP contribution is -2.29. The van der Waals surface area contributed by atoms with E-state index in [1.165, 1.54) is 42.5 Å². The Labute approximate surface area is 165 Å². The molecule has 10 heteroatoms. The lowest BCUT2D eigenvalue weighted by atomic mass is 10.1. The summed E-state index contributed by atoms with van der Waals surface area (Å²) in [5, 5.41) is 4.10. The summed E-state index contributed by atoms with van der Waals surface area (Å²) in [6.07, 6.45) is 9.44. The fourth-order valence-corrected chi connectivity index (χ4v) is 5.39. The first-order chi connectivity index (χ1) is 13.5. The average molecular weight is 410 g/mol. The third-order valence-electron chi connectivity index (χ3n) is 5.57. The largest absolute Gasteiger partial charge is 0.381 e. The second kappa shape index (κ2) is 8.30. The second-order valence-electron chi connectivity index (χ2n) is 7.75. The molecule has 1 aliphatic heterocycles. The first-order valence-corrected chi connectivity index (χ1v) is 11.3. The lowest BCUT2D eigenvalue weighted by molar-refractivity contribution is 0.102. The van der Waals surface area contributed by atoms with Crippen LogP contribution in [0.2, 0.25) is 0 Å². The maximum atomic E-state index is 12.7. The van der Waals surface area contributed by atoms with Crippen molar-refractivity contribution in [3.63, 3.8) is 0 Å². The molecule has 0 bridgehead atoms. The Balaban J connectivity index is 1.28. The molecule has 0 aromatic carbocycles. The number of aryl methyl sites for hydroxylation is 1. The van der Waals surface area contributed by atoms with Crippen LogP contribution in [0.1, 0.15) is 49.7 Å². The molecular weight excluding hydrogens is 382 g/mol. The molecule has 0 N–H and O–H groups in total. The van der Waals surface area contributed by atoms with E-state index < -0.39 is 10.0 Å². The summed E-state index contributed by atoms with van der Waals surface area (Å²) < 4.78 is 39.6. The van der Waals surface area contributed by atoms with Crippen LogP contribution in [0.25, 0.3) is 0 Å². The van der Waals surface area contributed by atoms with E-state index in [1.54, 1.807) is 11.6 Å². The number of ether oxygens (including phenoxy) is 1. The maximum absolute atomic E-state index is 12.7. The number of nitrogens with zero attached hydrogens (tertiary/aromatic N) is 5. The summed E-state index contributed by atoms with van der Waals surface area (Å²) in [7, 11) is -1.84. The molecule has 2 aromatic heterocycles. The molecule has 2 aromatic rings. The van der Waals surface area contributed by atoms with Crippen molar-refractivity contribution in [1.29, 1.82) is 0 Å². The summed E-state index contributed by atoms with van der Waals surface area (Å²) in [6, 6.07) is 0. The summed E-state index contributed by atoms with van der Waals surface area (Å²) >= 11 is 0. The fourth-order valence-electron chi connectivity index (χ4n) is 3.93. The van der Waals surface area contributed by atoms with Crippen LogP contribution in [-0.2, 0) is 28.2 Å². The van der Waals surface area contributed by atoms with Gasteiger partial charge in [-0.15, -0.1) is 0 Å². The van der Waals surface area contributed by atoms with Crippen molar-refractivity contribution in [1.82, 2.24) is 24.0 Å². The molecule has 9 nitrogen and oxygen atoms in total. The molecule has 2 fully saturated rings. The van der Waals surface area contributed by atoms with Crippen LogP contribution in [0.5, 0.6) is 0 Å². The molecule has 4 rings (SSSR count). The monoisotopic (exact) mass is 409 g/mol. The van der Waals surface area contributed by atoms with Crippen LogP contribution in [-0.4, -0.2) is 58.7 Å². The molecule has 3 heterocycles. The van der Waals surface area contributed by atoms with Gasteiger partial charge >= 0.3 is 0 Å². The molecule has 1 unspecified atom stereocenters. The van der Waals surface area contributed by atoms with E-state index in [0.717, 1.165) is 6.61 Å². The van der Waals surface area contributed by atoms with E-state index >= 15 is 0 Å². The van der Waals surface area contributed by atoms with Crippen molar-refractivity contribution < 1.29 is 17.7 Å². The topological polar surface area (TPSA) is 103 Å². The zero-order chi connectivity index (χ0) is 19.6. The standard InChI is InChI=1S/C18H27N5O4S/c1-22-11-17(19-13-22)28(24,25)23-8-6-15(10-23)18-20-16(21-27-18)7-9-26-12-14-4-2-3-5-14/h11,13-15H,2-10,12H2,1H3. The molecule has 0 radical (unpaired) electrons. The predicted molar refractivity (Wildman–Crippen MR) is 100 cm³/mol. The Bertz CT molecular complexity index is 887. The van der Waals surface area contributed by atoms with Gasteiger partial charge in [0, 0.05) is 39.4 Å². The van der Waals surface area contributed by atoms with Crippen LogP contribution in [0.4, 0.5) is 0 Å². The molecule has 1 saturated carbocycles. The highest BCUT2D eigenvalue weighted by molar-refractivity contribution is 7.89.